The summed E-state index contributed by atoms with van der Waals surface area (Å²) in [5.41, 5.74) is 3.99. The first-order valence-electron chi connectivity index (χ1n) is 8.41. The molecule has 0 aromatic heterocycles. The quantitative estimate of drug-likeness (QED) is 0.561. The van der Waals surface area contributed by atoms with Crippen LogP contribution in [0.2, 0.25) is 0 Å². The number of allylic oxidation sites excluding steroid dienone is 4. The lowest BCUT2D eigenvalue weighted by Crippen LogP contribution is -2.43. The molecule has 0 aromatic carbocycles. The smallest absolute Gasteiger partial charge is 0.0105 e. The molecule has 0 heteroatoms. The van der Waals surface area contributed by atoms with Crippen molar-refractivity contribution in [1.82, 2.24) is 0 Å². The Balaban J connectivity index is 1.90. The van der Waals surface area contributed by atoms with Crippen molar-refractivity contribution >= 4 is 0 Å². The minimum atomic E-state index is 0.607. The molecule has 3 rings (SSSR count). The fraction of sp³-hybridized carbons (Fsp3) is 0.789. The fourth-order valence-electron chi connectivity index (χ4n) is 4.97. The maximum Gasteiger partial charge on any atom is -0.0105 e. The van der Waals surface area contributed by atoms with Gasteiger partial charge >= 0.3 is 0 Å². The number of fused-ring (bicyclic) bond motifs is 3. The molecule has 0 N–H and O–H groups in total. The van der Waals surface area contributed by atoms with Gasteiger partial charge in [-0.25, -0.2) is 0 Å². The molecule has 3 aliphatic carbocycles. The number of rotatable bonds is 1. The van der Waals surface area contributed by atoms with Crippen molar-refractivity contribution in [3.05, 3.63) is 23.3 Å². The van der Waals surface area contributed by atoms with Crippen LogP contribution >= 0.6 is 0 Å². The average Bonchev–Trinajstić information content (AvgIpc) is 2.39. The Kier molecular flexibility index (Phi) is 3.39. The van der Waals surface area contributed by atoms with Crippen molar-refractivity contribution < 1.29 is 0 Å². The second-order valence-corrected chi connectivity index (χ2v) is 7.99. The highest BCUT2D eigenvalue weighted by molar-refractivity contribution is 5.34. The summed E-state index contributed by atoms with van der Waals surface area (Å²) >= 11 is 0. The van der Waals surface area contributed by atoms with Crippen LogP contribution in [0.15, 0.2) is 23.3 Å². The zero-order valence-corrected chi connectivity index (χ0v) is 13.2. The van der Waals surface area contributed by atoms with Crippen LogP contribution in [-0.2, 0) is 0 Å². The van der Waals surface area contributed by atoms with Gasteiger partial charge in [-0.1, -0.05) is 51.8 Å². The molecule has 0 heterocycles. The minimum Gasteiger partial charge on any atom is -0.0807 e. The van der Waals surface area contributed by atoms with E-state index >= 15 is 0 Å². The molecule has 0 amide bonds. The van der Waals surface area contributed by atoms with E-state index in [4.69, 9.17) is 0 Å². The van der Waals surface area contributed by atoms with Crippen LogP contribution in [0.3, 0.4) is 0 Å². The molecular weight excluding hydrogens is 228 g/mol. The summed E-state index contributed by atoms with van der Waals surface area (Å²) < 4.78 is 0. The zero-order chi connectivity index (χ0) is 13.6. The van der Waals surface area contributed by atoms with E-state index in [0.29, 0.717) is 5.41 Å². The van der Waals surface area contributed by atoms with Crippen molar-refractivity contribution in [3.8, 4) is 0 Å². The van der Waals surface area contributed by atoms with E-state index in [1.807, 2.05) is 0 Å². The van der Waals surface area contributed by atoms with Gasteiger partial charge in [-0.15, -0.1) is 0 Å². The fourth-order valence-corrected chi connectivity index (χ4v) is 4.97. The van der Waals surface area contributed by atoms with Gasteiger partial charge in [0.25, 0.3) is 0 Å². The third kappa shape index (κ3) is 2.22. The van der Waals surface area contributed by atoms with Gasteiger partial charge in [0.1, 0.15) is 0 Å². The van der Waals surface area contributed by atoms with E-state index in [2.05, 4.69) is 39.8 Å². The zero-order valence-electron chi connectivity index (χ0n) is 13.2. The molecule has 1 fully saturated rings. The van der Waals surface area contributed by atoms with Crippen molar-refractivity contribution in [3.63, 3.8) is 0 Å². The SMILES string of the molecule is CC1CCC2(C)C(CC=C3C=C(C(C)C)CCC32)C1. The maximum absolute atomic E-state index is 2.61. The molecule has 1 saturated carbocycles. The summed E-state index contributed by atoms with van der Waals surface area (Å²) in [5, 5.41) is 0. The molecule has 3 aliphatic rings. The molecule has 106 valence electrons. The summed E-state index contributed by atoms with van der Waals surface area (Å²) in [6.45, 7) is 9.76. The Bertz CT molecular complexity index is 412. The molecule has 0 radical (unpaired) electrons. The molecular formula is C19H30. The van der Waals surface area contributed by atoms with Gasteiger partial charge in [0.15, 0.2) is 0 Å². The molecule has 0 nitrogen and oxygen atoms in total. The summed E-state index contributed by atoms with van der Waals surface area (Å²) in [4.78, 5) is 0. The monoisotopic (exact) mass is 258 g/mol. The van der Waals surface area contributed by atoms with Crippen LogP contribution in [0, 0.1) is 29.1 Å². The van der Waals surface area contributed by atoms with E-state index in [-0.39, 0.29) is 0 Å². The number of hydrogen-bond acceptors (Lipinski definition) is 0. The Morgan fingerprint density at radius 2 is 2.05 bits per heavy atom. The van der Waals surface area contributed by atoms with Crippen LogP contribution in [0.25, 0.3) is 0 Å². The highest BCUT2D eigenvalue weighted by Gasteiger charge is 2.47. The number of hydrogen-bond donors (Lipinski definition) is 0. The van der Waals surface area contributed by atoms with Crippen molar-refractivity contribution in [2.24, 2.45) is 29.1 Å². The molecule has 19 heavy (non-hydrogen) atoms. The summed E-state index contributed by atoms with van der Waals surface area (Å²) in [6.07, 6.45) is 13.7. The first-order chi connectivity index (χ1) is 9.00. The lowest BCUT2D eigenvalue weighted by molar-refractivity contribution is 0.0267. The predicted octanol–water partition coefficient (Wildman–Crippen LogP) is 5.75. The van der Waals surface area contributed by atoms with Crippen LogP contribution in [0.5, 0.6) is 0 Å². The van der Waals surface area contributed by atoms with Crippen molar-refractivity contribution in [2.75, 3.05) is 0 Å². The Morgan fingerprint density at radius 1 is 1.26 bits per heavy atom. The van der Waals surface area contributed by atoms with E-state index in [9.17, 15) is 0 Å². The predicted molar refractivity (Wildman–Crippen MR) is 83.0 cm³/mol. The second-order valence-electron chi connectivity index (χ2n) is 7.99. The maximum atomic E-state index is 2.61. The molecule has 0 bridgehead atoms. The van der Waals surface area contributed by atoms with Crippen LogP contribution < -0.4 is 0 Å². The normalized spacial score (nSPS) is 42.3. The highest BCUT2D eigenvalue weighted by atomic mass is 14.5. The standard InChI is InChI=1S/C19H30/c1-13(2)15-6-8-18-16(12-15)5-7-17-11-14(3)9-10-19(17,18)4/h5,12-14,17-18H,6-11H2,1-4H3. The van der Waals surface area contributed by atoms with Gasteiger partial charge in [0.05, 0.1) is 0 Å². The summed E-state index contributed by atoms with van der Waals surface area (Å²) in [5.74, 6) is 3.51. The topological polar surface area (TPSA) is 0 Å². The largest absolute Gasteiger partial charge is 0.0807 e. The van der Waals surface area contributed by atoms with E-state index in [1.54, 1.807) is 11.1 Å². The molecule has 4 atom stereocenters. The van der Waals surface area contributed by atoms with Gasteiger partial charge in [-0.05, 0) is 66.8 Å². The van der Waals surface area contributed by atoms with Crippen LogP contribution in [0.4, 0.5) is 0 Å². The van der Waals surface area contributed by atoms with Gasteiger partial charge in [-0.3, -0.25) is 0 Å². The van der Waals surface area contributed by atoms with Crippen LogP contribution in [0.1, 0.15) is 66.2 Å². The van der Waals surface area contributed by atoms with Gasteiger partial charge in [0, 0.05) is 0 Å². The molecule has 4 unspecified atom stereocenters. The molecule has 0 aromatic rings. The second kappa shape index (κ2) is 4.79. The first kappa shape index (κ1) is 13.5. The van der Waals surface area contributed by atoms with E-state index in [0.717, 1.165) is 23.7 Å². The van der Waals surface area contributed by atoms with E-state index < -0.39 is 0 Å². The Morgan fingerprint density at radius 3 is 2.79 bits per heavy atom. The Labute approximate surface area is 119 Å². The summed E-state index contributed by atoms with van der Waals surface area (Å²) in [7, 11) is 0. The minimum absolute atomic E-state index is 0.607. The Hall–Kier alpha value is -0.520. The van der Waals surface area contributed by atoms with Gasteiger partial charge in [-0.2, -0.15) is 0 Å². The molecule has 0 spiro atoms. The lowest BCUT2D eigenvalue weighted by atomic mass is 9.52. The van der Waals surface area contributed by atoms with Gasteiger partial charge in [0.2, 0.25) is 0 Å². The van der Waals surface area contributed by atoms with E-state index in [1.165, 1.54) is 38.5 Å². The first-order valence-corrected chi connectivity index (χ1v) is 8.41. The lowest BCUT2D eigenvalue weighted by Gasteiger charge is -2.53. The molecule has 0 saturated heterocycles. The molecule has 0 aliphatic heterocycles. The average molecular weight is 258 g/mol. The third-order valence-corrected chi connectivity index (χ3v) is 6.45. The van der Waals surface area contributed by atoms with Gasteiger partial charge < -0.3 is 0 Å². The van der Waals surface area contributed by atoms with Crippen molar-refractivity contribution in [2.45, 2.75) is 66.2 Å². The van der Waals surface area contributed by atoms with Crippen molar-refractivity contribution in [1.29, 1.82) is 0 Å². The third-order valence-electron chi connectivity index (χ3n) is 6.45. The highest BCUT2D eigenvalue weighted by Crippen LogP contribution is 2.57. The summed E-state index contributed by atoms with van der Waals surface area (Å²) in [6, 6.07) is 0. The van der Waals surface area contributed by atoms with Crippen LogP contribution in [-0.4, -0.2) is 0 Å².